The average molecular weight is 380 g/mol. The van der Waals surface area contributed by atoms with Crippen molar-refractivity contribution >= 4 is 26.0 Å². The molecule has 0 fully saturated rings. The molecule has 0 radical (unpaired) electrons. The lowest BCUT2D eigenvalue weighted by atomic mass is 10.2. The summed E-state index contributed by atoms with van der Waals surface area (Å²) in [5.41, 5.74) is -0.110. The SMILES string of the molecule is O=S(=O)(NCCc1ncno1)c1cc(Br)cc(CO)c1F. The Bertz CT molecular complexity index is 721. The first-order chi connectivity index (χ1) is 9.94. The highest BCUT2D eigenvalue weighted by atomic mass is 79.9. The minimum Gasteiger partial charge on any atom is -0.392 e. The normalized spacial score (nSPS) is 11.8. The minimum absolute atomic E-state index is 0.0229. The van der Waals surface area contributed by atoms with Gasteiger partial charge in [0.1, 0.15) is 10.7 Å². The van der Waals surface area contributed by atoms with Crippen LogP contribution in [0, 0.1) is 5.82 Å². The van der Waals surface area contributed by atoms with Crippen LogP contribution in [0.15, 0.2) is 32.4 Å². The van der Waals surface area contributed by atoms with Crippen molar-refractivity contribution in [3.05, 3.63) is 40.2 Å². The van der Waals surface area contributed by atoms with Gasteiger partial charge >= 0.3 is 0 Å². The van der Waals surface area contributed by atoms with E-state index in [0.717, 1.165) is 6.07 Å². The molecule has 0 aliphatic carbocycles. The summed E-state index contributed by atoms with van der Waals surface area (Å²) >= 11 is 3.08. The molecular weight excluding hydrogens is 369 g/mol. The topological polar surface area (TPSA) is 105 Å². The van der Waals surface area contributed by atoms with E-state index in [1.165, 1.54) is 12.4 Å². The molecule has 0 aliphatic rings. The van der Waals surface area contributed by atoms with Gasteiger partial charge in [-0.3, -0.25) is 0 Å². The molecule has 0 saturated carbocycles. The Morgan fingerprint density at radius 1 is 1.43 bits per heavy atom. The van der Waals surface area contributed by atoms with Crippen LogP contribution in [0.3, 0.4) is 0 Å². The fraction of sp³-hybridized carbons (Fsp3) is 0.273. The zero-order valence-corrected chi connectivity index (χ0v) is 13.0. The van der Waals surface area contributed by atoms with Crippen LogP contribution in [-0.2, 0) is 23.1 Å². The molecule has 1 aromatic heterocycles. The molecule has 2 aromatic rings. The Kier molecular flexibility index (Phi) is 5.04. The van der Waals surface area contributed by atoms with Crippen molar-refractivity contribution in [1.29, 1.82) is 0 Å². The van der Waals surface area contributed by atoms with E-state index in [2.05, 4.69) is 30.8 Å². The molecule has 21 heavy (non-hydrogen) atoms. The van der Waals surface area contributed by atoms with E-state index in [1.807, 2.05) is 0 Å². The highest BCUT2D eigenvalue weighted by molar-refractivity contribution is 9.10. The molecule has 1 aromatic carbocycles. The van der Waals surface area contributed by atoms with Crippen LogP contribution >= 0.6 is 15.9 Å². The van der Waals surface area contributed by atoms with Gasteiger partial charge in [-0.25, -0.2) is 17.5 Å². The molecule has 0 unspecified atom stereocenters. The molecule has 2 N–H and O–H groups in total. The molecule has 7 nitrogen and oxygen atoms in total. The van der Waals surface area contributed by atoms with Crippen LogP contribution in [0.5, 0.6) is 0 Å². The Balaban J connectivity index is 2.17. The quantitative estimate of drug-likeness (QED) is 0.774. The van der Waals surface area contributed by atoms with Gasteiger partial charge in [-0.2, -0.15) is 4.98 Å². The van der Waals surface area contributed by atoms with Crippen molar-refractivity contribution in [2.24, 2.45) is 0 Å². The number of benzene rings is 1. The van der Waals surface area contributed by atoms with Crippen LogP contribution in [0.25, 0.3) is 0 Å². The van der Waals surface area contributed by atoms with E-state index in [0.29, 0.717) is 4.47 Å². The molecule has 10 heteroatoms. The van der Waals surface area contributed by atoms with Crippen LogP contribution in [0.4, 0.5) is 4.39 Å². The third-order valence-electron chi connectivity index (χ3n) is 2.58. The summed E-state index contributed by atoms with van der Waals surface area (Å²) in [6.45, 7) is -0.624. The molecule has 0 atom stereocenters. The van der Waals surface area contributed by atoms with Crippen molar-refractivity contribution in [1.82, 2.24) is 14.9 Å². The van der Waals surface area contributed by atoms with Gasteiger partial charge in [-0.15, -0.1) is 0 Å². The van der Waals surface area contributed by atoms with Gasteiger partial charge in [0.15, 0.2) is 6.33 Å². The fourth-order valence-electron chi connectivity index (χ4n) is 1.61. The number of rotatable bonds is 6. The van der Waals surface area contributed by atoms with Gasteiger partial charge in [0, 0.05) is 23.0 Å². The molecule has 0 amide bonds. The third-order valence-corrected chi connectivity index (χ3v) is 4.50. The van der Waals surface area contributed by atoms with E-state index < -0.39 is 27.3 Å². The summed E-state index contributed by atoms with van der Waals surface area (Å²) in [5, 5.41) is 12.4. The Morgan fingerprint density at radius 3 is 2.81 bits per heavy atom. The van der Waals surface area contributed by atoms with Gasteiger partial charge in [-0.05, 0) is 12.1 Å². The Hall–Kier alpha value is -1.36. The van der Waals surface area contributed by atoms with Gasteiger partial charge in [0.2, 0.25) is 15.9 Å². The number of hydrogen-bond donors (Lipinski definition) is 2. The lowest BCUT2D eigenvalue weighted by Crippen LogP contribution is -2.27. The highest BCUT2D eigenvalue weighted by Gasteiger charge is 2.22. The van der Waals surface area contributed by atoms with Gasteiger partial charge in [0.25, 0.3) is 0 Å². The number of aromatic nitrogens is 2. The van der Waals surface area contributed by atoms with Crippen LogP contribution in [0.2, 0.25) is 0 Å². The highest BCUT2D eigenvalue weighted by Crippen LogP contribution is 2.24. The number of halogens is 2. The predicted molar refractivity (Wildman–Crippen MR) is 73.2 cm³/mol. The summed E-state index contributed by atoms with van der Waals surface area (Å²) in [6, 6.07) is 2.44. The monoisotopic (exact) mass is 379 g/mol. The summed E-state index contributed by atoms with van der Waals surface area (Å²) < 4.78 is 45.5. The molecule has 0 aliphatic heterocycles. The summed E-state index contributed by atoms with van der Waals surface area (Å²) in [4.78, 5) is 3.20. The second kappa shape index (κ2) is 6.60. The van der Waals surface area contributed by atoms with Crippen LogP contribution < -0.4 is 4.72 Å². The largest absolute Gasteiger partial charge is 0.392 e. The average Bonchev–Trinajstić information content (AvgIpc) is 2.93. The molecule has 114 valence electrons. The number of hydrogen-bond acceptors (Lipinski definition) is 6. The van der Waals surface area contributed by atoms with E-state index in [4.69, 9.17) is 9.63 Å². The number of nitrogens with one attached hydrogen (secondary N) is 1. The lowest BCUT2D eigenvalue weighted by molar-refractivity contribution is 0.274. The van der Waals surface area contributed by atoms with Crippen LogP contribution in [0.1, 0.15) is 11.5 Å². The maximum atomic E-state index is 14.0. The molecular formula is C11H11BrFN3O4S. The number of nitrogens with zero attached hydrogens (tertiary/aromatic N) is 2. The number of sulfonamides is 1. The predicted octanol–water partition coefficient (Wildman–Crippen LogP) is 0.984. The maximum absolute atomic E-state index is 14.0. The van der Waals surface area contributed by atoms with E-state index in [1.54, 1.807) is 0 Å². The standard InChI is InChI=1S/C11H11BrFN3O4S/c12-8-3-7(5-17)11(13)9(4-8)21(18,19)16-2-1-10-14-6-15-20-10/h3-4,6,16-17H,1-2,5H2. The van der Waals surface area contributed by atoms with Crippen molar-refractivity contribution in [2.45, 2.75) is 17.9 Å². The van der Waals surface area contributed by atoms with Crippen molar-refractivity contribution < 1.29 is 22.4 Å². The second-order valence-electron chi connectivity index (χ2n) is 4.02. The molecule has 2 rings (SSSR count). The number of aliphatic hydroxyl groups is 1. The number of aliphatic hydroxyl groups excluding tert-OH is 1. The zero-order valence-electron chi connectivity index (χ0n) is 10.6. The molecule has 0 saturated heterocycles. The smallest absolute Gasteiger partial charge is 0.243 e. The summed E-state index contributed by atoms with van der Waals surface area (Å²) in [7, 11) is -4.06. The summed E-state index contributed by atoms with van der Waals surface area (Å²) in [6.07, 6.45) is 1.38. The van der Waals surface area contributed by atoms with Gasteiger partial charge < -0.3 is 9.63 Å². The first-order valence-corrected chi connectivity index (χ1v) is 8.05. The van der Waals surface area contributed by atoms with Crippen LogP contribution in [-0.4, -0.2) is 30.2 Å². The van der Waals surface area contributed by atoms with Gasteiger partial charge in [0.05, 0.1) is 6.61 Å². The van der Waals surface area contributed by atoms with Gasteiger partial charge in [-0.1, -0.05) is 21.1 Å². The first-order valence-electron chi connectivity index (χ1n) is 5.78. The summed E-state index contributed by atoms with van der Waals surface area (Å²) in [5.74, 6) is -0.713. The zero-order chi connectivity index (χ0) is 15.5. The fourth-order valence-corrected chi connectivity index (χ4v) is 3.44. The van der Waals surface area contributed by atoms with E-state index in [-0.39, 0.29) is 24.4 Å². The van der Waals surface area contributed by atoms with E-state index >= 15 is 0 Å². The van der Waals surface area contributed by atoms with Crippen molar-refractivity contribution in [2.75, 3.05) is 6.54 Å². The Labute approximate surface area is 128 Å². The second-order valence-corrected chi connectivity index (χ2v) is 6.67. The lowest BCUT2D eigenvalue weighted by Gasteiger charge is -2.10. The third kappa shape index (κ3) is 3.84. The Morgan fingerprint density at radius 2 is 2.19 bits per heavy atom. The van der Waals surface area contributed by atoms with Crippen molar-refractivity contribution in [3.63, 3.8) is 0 Å². The van der Waals surface area contributed by atoms with Crippen molar-refractivity contribution in [3.8, 4) is 0 Å². The van der Waals surface area contributed by atoms with E-state index in [9.17, 15) is 12.8 Å². The molecule has 0 bridgehead atoms. The molecule has 1 heterocycles. The maximum Gasteiger partial charge on any atom is 0.243 e. The minimum atomic E-state index is -4.06. The molecule has 0 spiro atoms. The first kappa shape index (κ1) is 16.0.